The molecule has 0 bridgehead atoms. The average Bonchev–Trinajstić information content (AvgIpc) is 2.26. The zero-order valence-corrected chi connectivity index (χ0v) is 10.8. The maximum absolute atomic E-state index is 4.01. The second-order valence-corrected chi connectivity index (χ2v) is 7.53. The van der Waals surface area contributed by atoms with Gasteiger partial charge in [-0.15, -0.1) is 6.58 Å². The second-order valence-electron chi connectivity index (χ2n) is 3.76. The Bertz CT molecular complexity index is 311. The van der Waals surface area contributed by atoms with Crippen molar-refractivity contribution >= 4 is 13.6 Å². The normalized spacial score (nSPS) is 14.9. The quantitative estimate of drug-likeness (QED) is 0.751. The molecule has 0 radical (unpaired) electrons. The third-order valence-electron chi connectivity index (χ3n) is 2.66. The molecule has 0 saturated carbocycles. The Hall–Kier alpha value is -0.903. The molecule has 0 spiro atoms. The molecule has 15 heavy (non-hydrogen) atoms. The van der Waals surface area contributed by atoms with E-state index in [1.165, 1.54) is 5.19 Å². The highest BCUT2D eigenvalue weighted by atomic mass is 28.3. The van der Waals surface area contributed by atoms with Crippen LogP contribution in [0.15, 0.2) is 42.6 Å². The van der Waals surface area contributed by atoms with Gasteiger partial charge in [0.2, 0.25) is 0 Å². The van der Waals surface area contributed by atoms with Crippen LogP contribution in [-0.2, 0) is 0 Å². The molecule has 1 aromatic rings. The summed E-state index contributed by atoms with van der Waals surface area (Å²) >= 11 is 0. The van der Waals surface area contributed by atoms with Crippen LogP contribution in [-0.4, -0.2) is 33.6 Å². The lowest BCUT2D eigenvalue weighted by Crippen LogP contribution is -2.68. The zero-order chi connectivity index (χ0) is 11.3. The topological polar surface area (TPSA) is 15.3 Å². The third kappa shape index (κ3) is 2.37. The number of rotatable bonds is 5. The van der Waals surface area contributed by atoms with Crippen molar-refractivity contribution in [3.8, 4) is 0 Å². The SMILES string of the molecule is C=C[Si](NCC)(c1ccccc1)N(C)C. The van der Waals surface area contributed by atoms with Gasteiger partial charge < -0.3 is 9.55 Å². The highest BCUT2D eigenvalue weighted by Crippen LogP contribution is 2.04. The lowest BCUT2D eigenvalue weighted by Gasteiger charge is -2.35. The molecule has 0 aliphatic heterocycles. The summed E-state index contributed by atoms with van der Waals surface area (Å²) < 4.78 is 2.28. The summed E-state index contributed by atoms with van der Waals surface area (Å²) in [7, 11) is 2.35. The lowest BCUT2D eigenvalue weighted by atomic mass is 10.4. The standard InChI is InChI=1S/C12H20N2Si/c1-5-13-15(6-2,14(3)4)12-10-8-7-9-11-12/h6-11,13H,2,5H2,1,3-4H3. The molecule has 3 heteroatoms. The highest BCUT2D eigenvalue weighted by molar-refractivity contribution is 6.91. The van der Waals surface area contributed by atoms with E-state index in [4.69, 9.17) is 0 Å². The number of nitrogens with one attached hydrogen (secondary N) is 1. The van der Waals surface area contributed by atoms with Crippen LogP contribution in [0.4, 0.5) is 0 Å². The maximum atomic E-state index is 4.01. The molecular formula is C12H20N2Si. The molecular weight excluding hydrogens is 200 g/mol. The Kier molecular flexibility index (Phi) is 4.26. The van der Waals surface area contributed by atoms with E-state index < -0.39 is 8.40 Å². The minimum Gasteiger partial charge on any atom is -0.319 e. The van der Waals surface area contributed by atoms with Gasteiger partial charge in [-0.1, -0.05) is 43.0 Å². The Balaban J connectivity index is 3.15. The summed E-state index contributed by atoms with van der Waals surface area (Å²) in [4.78, 5) is 3.61. The van der Waals surface area contributed by atoms with Gasteiger partial charge in [-0.25, -0.2) is 0 Å². The molecule has 2 nitrogen and oxygen atoms in total. The lowest BCUT2D eigenvalue weighted by molar-refractivity contribution is 0.610. The average molecular weight is 220 g/mol. The zero-order valence-electron chi connectivity index (χ0n) is 9.83. The molecule has 1 rings (SSSR count). The van der Waals surface area contributed by atoms with Gasteiger partial charge in [-0.2, -0.15) is 0 Å². The van der Waals surface area contributed by atoms with Gasteiger partial charge in [-0.05, 0) is 25.8 Å². The Morgan fingerprint density at radius 1 is 1.33 bits per heavy atom. The van der Waals surface area contributed by atoms with Crippen LogP contribution in [0.1, 0.15) is 6.92 Å². The number of hydrogen-bond acceptors (Lipinski definition) is 2. The first-order chi connectivity index (χ1) is 7.17. The summed E-state index contributed by atoms with van der Waals surface area (Å²) in [5.41, 5.74) is 2.09. The molecule has 0 saturated heterocycles. The molecule has 0 amide bonds. The van der Waals surface area contributed by atoms with Crippen LogP contribution in [0.2, 0.25) is 0 Å². The summed E-state index contributed by atoms with van der Waals surface area (Å²) in [6.07, 6.45) is 0. The van der Waals surface area contributed by atoms with Crippen molar-refractivity contribution in [1.29, 1.82) is 0 Å². The van der Waals surface area contributed by atoms with Crippen molar-refractivity contribution in [2.24, 2.45) is 0 Å². The van der Waals surface area contributed by atoms with Crippen LogP contribution in [0.3, 0.4) is 0 Å². The van der Waals surface area contributed by atoms with Crippen molar-refractivity contribution < 1.29 is 0 Å². The number of hydrogen-bond donors (Lipinski definition) is 1. The Morgan fingerprint density at radius 3 is 2.33 bits per heavy atom. The second kappa shape index (κ2) is 5.26. The van der Waals surface area contributed by atoms with E-state index >= 15 is 0 Å². The fourth-order valence-electron chi connectivity index (χ4n) is 1.85. The minimum atomic E-state index is -1.88. The fraction of sp³-hybridized carbons (Fsp3) is 0.333. The van der Waals surface area contributed by atoms with Crippen LogP contribution < -0.4 is 10.2 Å². The van der Waals surface area contributed by atoms with E-state index in [0.717, 1.165) is 6.54 Å². The first kappa shape index (κ1) is 12.2. The largest absolute Gasteiger partial charge is 0.319 e. The van der Waals surface area contributed by atoms with Gasteiger partial charge in [0, 0.05) is 0 Å². The van der Waals surface area contributed by atoms with Crippen molar-refractivity contribution in [3.63, 3.8) is 0 Å². The first-order valence-electron chi connectivity index (χ1n) is 5.29. The molecule has 0 heterocycles. The van der Waals surface area contributed by atoms with Gasteiger partial charge in [0.25, 0.3) is 8.40 Å². The van der Waals surface area contributed by atoms with E-state index in [2.05, 4.69) is 67.1 Å². The van der Waals surface area contributed by atoms with E-state index in [0.29, 0.717) is 0 Å². The summed E-state index contributed by atoms with van der Waals surface area (Å²) in [6, 6.07) is 10.6. The molecule has 82 valence electrons. The van der Waals surface area contributed by atoms with Crippen molar-refractivity contribution in [2.75, 3.05) is 20.6 Å². The molecule has 1 unspecified atom stereocenters. The number of nitrogens with zero attached hydrogens (tertiary/aromatic N) is 1. The molecule has 1 atom stereocenters. The predicted octanol–water partition coefficient (Wildman–Crippen LogP) is 1.23. The van der Waals surface area contributed by atoms with E-state index in [1.807, 2.05) is 6.07 Å². The van der Waals surface area contributed by atoms with Crippen molar-refractivity contribution in [3.05, 3.63) is 42.6 Å². The summed E-state index contributed by atoms with van der Waals surface area (Å²) in [6.45, 7) is 7.11. The van der Waals surface area contributed by atoms with Gasteiger partial charge >= 0.3 is 0 Å². The van der Waals surface area contributed by atoms with Gasteiger partial charge in [0.1, 0.15) is 0 Å². The van der Waals surface area contributed by atoms with Crippen molar-refractivity contribution in [2.45, 2.75) is 6.92 Å². The van der Waals surface area contributed by atoms with Gasteiger partial charge in [-0.3, -0.25) is 0 Å². The predicted molar refractivity (Wildman–Crippen MR) is 69.4 cm³/mol. The third-order valence-corrected chi connectivity index (χ3v) is 6.77. The smallest absolute Gasteiger partial charge is 0.261 e. The number of benzene rings is 1. The molecule has 1 aromatic carbocycles. The van der Waals surface area contributed by atoms with Crippen molar-refractivity contribution in [1.82, 2.24) is 9.55 Å². The van der Waals surface area contributed by atoms with E-state index in [1.54, 1.807) is 0 Å². The maximum Gasteiger partial charge on any atom is 0.261 e. The van der Waals surface area contributed by atoms with Crippen LogP contribution in [0.25, 0.3) is 0 Å². The minimum absolute atomic E-state index is 0.964. The van der Waals surface area contributed by atoms with E-state index in [-0.39, 0.29) is 0 Å². The summed E-state index contributed by atoms with van der Waals surface area (Å²) in [5, 5.41) is 1.35. The van der Waals surface area contributed by atoms with E-state index in [9.17, 15) is 0 Å². The highest BCUT2D eigenvalue weighted by Gasteiger charge is 2.34. The molecule has 0 aliphatic carbocycles. The first-order valence-corrected chi connectivity index (χ1v) is 7.31. The Morgan fingerprint density at radius 2 is 1.93 bits per heavy atom. The van der Waals surface area contributed by atoms with Gasteiger partial charge in [0.05, 0.1) is 0 Å². The molecule has 1 N–H and O–H groups in total. The monoisotopic (exact) mass is 220 g/mol. The van der Waals surface area contributed by atoms with Gasteiger partial charge in [0.15, 0.2) is 0 Å². The fourth-order valence-corrected chi connectivity index (χ4v) is 4.87. The molecule has 0 fully saturated rings. The van der Waals surface area contributed by atoms with Crippen LogP contribution >= 0.6 is 0 Å². The van der Waals surface area contributed by atoms with Crippen LogP contribution in [0, 0.1) is 0 Å². The molecule has 0 aliphatic rings. The Labute approximate surface area is 93.8 Å². The molecule has 0 aromatic heterocycles. The summed E-state index contributed by atoms with van der Waals surface area (Å²) in [5.74, 6) is 0. The van der Waals surface area contributed by atoms with Crippen LogP contribution in [0.5, 0.6) is 0 Å².